The highest BCUT2D eigenvalue weighted by molar-refractivity contribution is 8.00. The molecule has 1 aliphatic heterocycles. The fourth-order valence-corrected chi connectivity index (χ4v) is 4.29. The van der Waals surface area contributed by atoms with Gasteiger partial charge in [0.25, 0.3) is 0 Å². The van der Waals surface area contributed by atoms with Gasteiger partial charge in [0.2, 0.25) is 5.91 Å². The number of likely N-dealkylation sites (tertiary alicyclic amines) is 1. The molecule has 0 aromatic heterocycles. The van der Waals surface area contributed by atoms with Crippen molar-refractivity contribution in [2.75, 3.05) is 13.1 Å². The zero-order chi connectivity index (χ0) is 16.9. The van der Waals surface area contributed by atoms with Crippen LogP contribution in [0.2, 0.25) is 0 Å². The van der Waals surface area contributed by atoms with Crippen molar-refractivity contribution >= 4 is 17.7 Å². The monoisotopic (exact) mass is 339 g/mol. The number of aryl methyl sites for hydroxylation is 1. The summed E-state index contributed by atoms with van der Waals surface area (Å²) in [4.78, 5) is 16.1. The van der Waals surface area contributed by atoms with Crippen LogP contribution in [0.1, 0.15) is 36.8 Å². The van der Waals surface area contributed by atoms with Crippen molar-refractivity contribution in [3.63, 3.8) is 0 Å². The molecule has 1 aliphatic rings. The Hall–Kier alpha value is -1.74. The van der Waals surface area contributed by atoms with Crippen molar-refractivity contribution in [2.45, 2.75) is 42.8 Å². The zero-order valence-electron chi connectivity index (χ0n) is 14.4. The summed E-state index contributed by atoms with van der Waals surface area (Å²) in [5.74, 6) is 0.215. The molecule has 2 aromatic carbocycles. The summed E-state index contributed by atoms with van der Waals surface area (Å²) in [6.45, 7) is 5.89. The van der Waals surface area contributed by atoms with Crippen LogP contribution in [0.5, 0.6) is 0 Å². The fourth-order valence-electron chi connectivity index (χ4n) is 3.16. The molecule has 0 bridgehead atoms. The van der Waals surface area contributed by atoms with Gasteiger partial charge in [0.1, 0.15) is 0 Å². The molecule has 126 valence electrons. The highest BCUT2D eigenvalue weighted by atomic mass is 32.2. The number of piperidine rings is 1. The first-order chi connectivity index (χ1) is 11.6. The second-order valence-electron chi connectivity index (χ2n) is 6.59. The van der Waals surface area contributed by atoms with E-state index in [1.54, 1.807) is 0 Å². The van der Waals surface area contributed by atoms with Gasteiger partial charge in [-0.2, -0.15) is 0 Å². The van der Waals surface area contributed by atoms with Gasteiger partial charge in [-0.05, 0) is 44.4 Å². The van der Waals surface area contributed by atoms with Gasteiger partial charge in [0.15, 0.2) is 0 Å². The minimum Gasteiger partial charge on any atom is -0.342 e. The molecule has 0 aliphatic carbocycles. The second-order valence-corrected chi connectivity index (χ2v) is 7.96. The highest BCUT2D eigenvalue weighted by Gasteiger charge is 2.27. The number of hydrogen-bond acceptors (Lipinski definition) is 2. The number of hydrogen-bond donors (Lipinski definition) is 0. The predicted molar refractivity (Wildman–Crippen MR) is 101 cm³/mol. The molecular formula is C21H25NOS. The first-order valence-corrected chi connectivity index (χ1v) is 9.58. The summed E-state index contributed by atoms with van der Waals surface area (Å²) in [5.41, 5.74) is 2.41. The third-order valence-electron chi connectivity index (χ3n) is 4.75. The Morgan fingerprint density at radius 3 is 2.29 bits per heavy atom. The lowest BCUT2D eigenvalue weighted by Crippen LogP contribution is -2.41. The van der Waals surface area contributed by atoms with Gasteiger partial charge in [-0.3, -0.25) is 4.79 Å². The van der Waals surface area contributed by atoms with E-state index in [-0.39, 0.29) is 11.8 Å². The molecule has 3 rings (SSSR count). The van der Waals surface area contributed by atoms with Gasteiger partial charge in [0, 0.05) is 23.2 Å². The molecule has 0 N–H and O–H groups in total. The van der Waals surface area contributed by atoms with Crippen LogP contribution in [0.4, 0.5) is 0 Å². The van der Waals surface area contributed by atoms with Crippen molar-refractivity contribution in [3.05, 3.63) is 65.7 Å². The molecule has 1 saturated heterocycles. The summed E-state index contributed by atoms with van der Waals surface area (Å²) < 4.78 is 0. The van der Waals surface area contributed by atoms with Crippen LogP contribution in [-0.2, 0) is 4.79 Å². The van der Waals surface area contributed by atoms with Crippen molar-refractivity contribution in [1.29, 1.82) is 0 Å². The first-order valence-electron chi connectivity index (χ1n) is 8.70. The summed E-state index contributed by atoms with van der Waals surface area (Å²) in [6.07, 6.45) is 2.15. The SMILES string of the molecule is Cc1ccc(SC2CCN(C(=O)[C@@H](C)c3ccccc3)CC2)cc1. The standard InChI is InChI=1S/C21H25NOS/c1-16-8-10-19(11-9-16)24-20-12-14-22(15-13-20)21(23)17(2)18-6-4-3-5-7-18/h3-11,17,20H,12-15H2,1-2H3/t17-/m0/s1. The summed E-state index contributed by atoms with van der Waals surface area (Å²) >= 11 is 1.95. The number of rotatable bonds is 4. The molecule has 2 aromatic rings. The average molecular weight is 340 g/mol. The van der Waals surface area contributed by atoms with Crippen LogP contribution < -0.4 is 0 Å². The van der Waals surface area contributed by atoms with Crippen LogP contribution >= 0.6 is 11.8 Å². The lowest BCUT2D eigenvalue weighted by molar-refractivity contribution is -0.133. The van der Waals surface area contributed by atoms with E-state index >= 15 is 0 Å². The third kappa shape index (κ3) is 4.21. The van der Waals surface area contributed by atoms with E-state index in [9.17, 15) is 4.79 Å². The topological polar surface area (TPSA) is 20.3 Å². The predicted octanol–water partition coefficient (Wildman–Crippen LogP) is 4.88. The van der Waals surface area contributed by atoms with Crippen LogP contribution in [0.3, 0.4) is 0 Å². The number of nitrogens with zero attached hydrogens (tertiary/aromatic N) is 1. The van der Waals surface area contributed by atoms with E-state index in [4.69, 9.17) is 0 Å². The number of thioether (sulfide) groups is 1. The maximum Gasteiger partial charge on any atom is 0.229 e. The number of carbonyl (C=O) groups excluding carboxylic acids is 1. The maximum atomic E-state index is 12.7. The lowest BCUT2D eigenvalue weighted by atomic mass is 9.98. The number of carbonyl (C=O) groups is 1. The van der Waals surface area contributed by atoms with Crippen molar-refractivity contribution in [3.8, 4) is 0 Å². The molecule has 24 heavy (non-hydrogen) atoms. The molecule has 1 heterocycles. The number of benzene rings is 2. The first kappa shape index (κ1) is 17.1. The van der Waals surface area contributed by atoms with Gasteiger partial charge < -0.3 is 4.90 Å². The highest BCUT2D eigenvalue weighted by Crippen LogP contribution is 2.31. The van der Waals surface area contributed by atoms with Gasteiger partial charge in [-0.15, -0.1) is 11.8 Å². The zero-order valence-corrected chi connectivity index (χ0v) is 15.3. The minimum atomic E-state index is -0.0486. The Morgan fingerprint density at radius 2 is 1.67 bits per heavy atom. The lowest BCUT2D eigenvalue weighted by Gasteiger charge is -2.33. The molecule has 3 heteroatoms. The fraction of sp³-hybridized carbons (Fsp3) is 0.381. The maximum absolute atomic E-state index is 12.7. The average Bonchev–Trinajstić information content (AvgIpc) is 2.64. The van der Waals surface area contributed by atoms with E-state index in [0.717, 1.165) is 31.5 Å². The van der Waals surface area contributed by atoms with Gasteiger partial charge >= 0.3 is 0 Å². The molecule has 1 fully saturated rings. The molecule has 2 nitrogen and oxygen atoms in total. The van der Waals surface area contributed by atoms with Crippen LogP contribution in [0.25, 0.3) is 0 Å². The van der Waals surface area contributed by atoms with Gasteiger partial charge in [0.05, 0.1) is 5.92 Å². The Balaban J connectivity index is 1.53. The molecule has 0 radical (unpaired) electrons. The van der Waals surface area contributed by atoms with Crippen molar-refractivity contribution in [2.24, 2.45) is 0 Å². The van der Waals surface area contributed by atoms with Crippen molar-refractivity contribution < 1.29 is 4.79 Å². The third-order valence-corrected chi connectivity index (χ3v) is 6.10. The van der Waals surface area contributed by atoms with Crippen LogP contribution in [0.15, 0.2) is 59.5 Å². The summed E-state index contributed by atoms with van der Waals surface area (Å²) in [7, 11) is 0. The summed E-state index contributed by atoms with van der Waals surface area (Å²) in [6, 6.07) is 18.8. The quantitative estimate of drug-likeness (QED) is 0.791. The van der Waals surface area contributed by atoms with Crippen LogP contribution in [-0.4, -0.2) is 29.1 Å². The van der Waals surface area contributed by atoms with E-state index in [2.05, 4.69) is 31.2 Å². The van der Waals surface area contributed by atoms with Crippen molar-refractivity contribution in [1.82, 2.24) is 4.90 Å². The van der Waals surface area contributed by atoms with E-state index < -0.39 is 0 Å². The molecule has 1 atom stereocenters. The van der Waals surface area contributed by atoms with E-state index in [1.807, 2.05) is 53.9 Å². The minimum absolute atomic E-state index is 0.0486. The van der Waals surface area contributed by atoms with E-state index in [0.29, 0.717) is 5.25 Å². The van der Waals surface area contributed by atoms with E-state index in [1.165, 1.54) is 10.5 Å². The van der Waals surface area contributed by atoms with Crippen LogP contribution in [0, 0.1) is 6.92 Å². The Morgan fingerprint density at radius 1 is 1.04 bits per heavy atom. The Labute approximate surface area is 149 Å². The molecule has 1 amide bonds. The molecule has 0 saturated carbocycles. The smallest absolute Gasteiger partial charge is 0.229 e. The summed E-state index contributed by atoms with van der Waals surface area (Å²) in [5, 5.41) is 0.615. The largest absolute Gasteiger partial charge is 0.342 e. The number of amides is 1. The molecule has 0 spiro atoms. The Kier molecular flexibility index (Phi) is 5.62. The normalized spacial score (nSPS) is 16.8. The van der Waals surface area contributed by atoms with Gasteiger partial charge in [-0.25, -0.2) is 0 Å². The van der Waals surface area contributed by atoms with Gasteiger partial charge in [-0.1, -0.05) is 48.0 Å². The molecular weight excluding hydrogens is 314 g/mol. The Bertz CT molecular complexity index is 660. The second kappa shape index (κ2) is 7.89. The molecule has 0 unspecified atom stereocenters.